The molecule has 6 heteroatoms. The first-order chi connectivity index (χ1) is 9.06. The Hall–Kier alpha value is -1.58. The van der Waals surface area contributed by atoms with Gasteiger partial charge < -0.3 is 5.32 Å². The highest BCUT2D eigenvalue weighted by molar-refractivity contribution is 7.93. The summed E-state index contributed by atoms with van der Waals surface area (Å²) in [6, 6.07) is 7.35. The van der Waals surface area contributed by atoms with Gasteiger partial charge in [-0.2, -0.15) is 5.26 Å². The zero-order chi connectivity index (χ0) is 13.9. The molecule has 0 bridgehead atoms. The lowest BCUT2D eigenvalue weighted by Gasteiger charge is -2.18. The van der Waals surface area contributed by atoms with E-state index in [1.807, 2.05) is 18.2 Å². The highest BCUT2D eigenvalue weighted by Crippen LogP contribution is 2.21. The summed E-state index contributed by atoms with van der Waals surface area (Å²) in [6.45, 7) is 3.38. The maximum atomic E-state index is 12.0. The Bertz CT molecular complexity index is 605. The van der Waals surface area contributed by atoms with Gasteiger partial charge in [0.2, 0.25) is 10.0 Å². The van der Waals surface area contributed by atoms with Gasteiger partial charge in [-0.25, -0.2) is 8.42 Å². The van der Waals surface area contributed by atoms with Crippen LogP contribution in [0.5, 0.6) is 0 Å². The van der Waals surface area contributed by atoms with E-state index in [9.17, 15) is 8.42 Å². The molecule has 1 atom stereocenters. The second-order valence-electron chi connectivity index (χ2n) is 4.58. The highest BCUT2D eigenvalue weighted by Gasteiger charge is 2.23. The van der Waals surface area contributed by atoms with E-state index in [0.717, 1.165) is 25.1 Å². The van der Waals surface area contributed by atoms with E-state index in [4.69, 9.17) is 5.26 Å². The molecular weight excluding hydrogens is 262 g/mol. The van der Waals surface area contributed by atoms with Gasteiger partial charge in [-0.3, -0.25) is 4.72 Å². The van der Waals surface area contributed by atoms with Gasteiger partial charge in [-0.15, -0.1) is 0 Å². The molecule has 1 aliphatic rings. The molecule has 0 spiro atoms. The first-order valence-corrected chi connectivity index (χ1v) is 7.85. The van der Waals surface area contributed by atoms with Crippen molar-refractivity contribution in [3.05, 3.63) is 29.3 Å². The van der Waals surface area contributed by atoms with Crippen molar-refractivity contribution in [3.8, 4) is 6.07 Å². The number of anilines is 1. The third kappa shape index (κ3) is 3.06. The second-order valence-corrected chi connectivity index (χ2v) is 6.45. The zero-order valence-electron chi connectivity index (χ0n) is 10.8. The molecule has 0 aliphatic carbocycles. The summed E-state index contributed by atoms with van der Waals surface area (Å²) >= 11 is 0. The van der Waals surface area contributed by atoms with Crippen molar-refractivity contribution in [2.24, 2.45) is 0 Å². The summed E-state index contributed by atoms with van der Waals surface area (Å²) in [4.78, 5) is 0. The molecule has 0 aromatic heterocycles. The smallest absolute Gasteiger partial charge is 0.249 e. The summed E-state index contributed by atoms with van der Waals surface area (Å²) in [5, 5.41) is 11.1. The summed E-state index contributed by atoms with van der Waals surface area (Å²) in [6.07, 6.45) is 1.23. The summed E-state index contributed by atoms with van der Waals surface area (Å²) in [7, 11) is -3.63. The number of nitrogens with zero attached hydrogens (tertiary/aromatic N) is 1. The van der Waals surface area contributed by atoms with Gasteiger partial charge >= 0.3 is 0 Å². The number of rotatable bonds is 4. The molecule has 0 saturated heterocycles. The maximum Gasteiger partial charge on any atom is 0.249 e. The topological polar surface area (TPSA) is 82.0 Å². The summed E-state index contributed by atoms with van der Waals surface area (Å²) in [5.41, 5.74) is 2.88. The first kappa shape index (κ1) is 13.8. The predicted molar refractivity (Wildman–Crippen MR) is 74.1 cm³/mol. The normalized spacial score (nSPS) is 16.2. The van der Waals surface area contributed by atoms with Crippen LogP contribution in [-0.4, -0.2) is 20.2 Å². The summed E-state index contributed by atoms with van der Waals surface area (Å²) in [5.74, 6) is 0. The Morgan fingerprint density at radius 3 is 2.95 bits per heavy atom. The van der Waals surface area contributed by atoms with Crippen molar-refractivity contribution in [1.29, 1.82) is 5.26 Å². The van der Waals surface area contributed by atoms with Gasteiger partial charge in [0.25, 0.3) is 0 Å². The first-order valence-electron chi connectivity index (χ1n) is 6.30. The van der Waals surface area contributed by atoms with Crippen molar-refractivity contribution in [3.63, 3.8) is 0 Å². The number of fused-ring (bicyclic) bond motifs is 1. The van der Waals surface area contributed by atoms with Crippen molar-refractivity contribution in [2.45, 2.75) is 31.6 Å². The van der Waals surface area contributed by atoms with E-state index in [-0.39, 0.29) is 6.42 Å². The van der Waals surface area contributed by atoms with E-state index >= 15 is 0 Å². The van der Waals surface area contributed by atoms with Crippen molar-refractivity contribution >= 4 is 15.7 Å². The number of nitriles is 1. The quantitative estimate of drug-likeness (QED) is 0.872. The van der Waals surface area contributed by atoms with E-state index in [1.165, 1.54) is 5.56 Å². The third-order valence-electron chi connectivity index (χ3n) is 3.24. The largest absolute Gasteiger partial charge is 0.312 e. The molecule has 5 nitrogen and oxygen atoms in total. The Morgan fingerprint density at radius 1 is 1.47 bits per heavy atom. The lowest BCUT2D eigenvalue weighted by molar-refractivity contribution is 0.592. The lowest BCUT2D eigenvalue weighted by atomic mass is 10.0. The van der Waals surface area contributed by atoms with Crippen LogP contribution in [0.25, 0.3) is 0 Å². The van der Waals surface area contributed by atoms with Crippen molar-refractivity contribution in [1.82, 2.24) is 5.32 Å². The molecule has 1 aromatic carbocycles. The van der Waals surface area contributed by atoms with Crippen LogP contribution < -0.4 is 10.0 Å². The standard InChI is InChI=1S/C13H17N3O2S/c1-2-13(8-14)19(17,18)16-12-4-3-10-5-6-15-9-11(10)7-12/h3-4,7,13,15-16H,2,5-6,9H2,1H3. The van der Waals surface area contributed by atoms with Gasteiger partial charge in [-0.1, -0.05) is 13.0 Å². The molecule has 0 radical (unpaired) electrons. The minimum absolute atomic E-state index is 0.276. The Balaban J connectivity index is 2.22. The molecule has 1 heterocycles. The van der Waals surface area contributed by atoms with Crippen LogP contribution in [0.15, 0.2) is 18.2 Å². The zero-order valence-corrected chi connectivity index (χ0v) is 11.6. The van der Waals surface area contributed by atoms with Crippen LogP contribution >= 0.6 is 0 Å². The van der Waals surface area contributed by atoms with E-state index < -0.39 is 15.3 Å². The number of hydrogen-bond donors (Lipinski definition) is 2. The highest BCUT2D eigenvalue weighted by atomic mass is 32.2. The SMILES string of the molecule is CCC(C#N)S(=O)(=O)Nc1ccc2c(c1)CNCC2. The fourth-order valence-corrected chi connectivity index (χ4v) is 3.33. The number of nitrogens with one attached hydrogen (secondary N) is 2. The fourth-order valence-electron chi connectivity index (χ4n) is 2.16. The number of benzene rings is 1. The third-order valence-corrected chi connectivity index (χ3v) is 4.95. The van der Waals surface area contributed by atoms with Crippen molar-refractivity contribution < 1.29 is 8.42 Å². The van der Waals surface area contributed by atoms with E-state index in [1.54, 1.807) is 13.0 Å². The monoisotopic (exact) mass is 279 g/mol. The molecule has 19 heavy (non-hydrogen) atoms. The molecule has 2 N–H and O–H groups in total. The van der Waals surface area contributed by atoms with Gasteiger partial charge in [0.15, 0.2) is 5.25 Å². The minimum atomic E-state index is -3.63. The Labute approximate surface area is 113 Å². The summed E-state index contributed by atoms with van der Waals surface area (Å²) < 4.78 is 26.5. The molecule has 1 unspecified atom stereocenters. The van der Waals surface area contributed by atoms with E-state index in [0.29, 0.717) is 5.69 Å². The van der Waals surface area contributed by atoms with Crippen molar-refractivity contribution in [2.75, 3.05) is 11.3 Å². The predicted octanol–water partition coefficient (Wildman–Crippen LogP) is 1.38. The van der Waals surface area contributed by atoms with Crippen LogP contribution in [0.4, 0.5) is 5.69 Å². The average Bonchev–Trinajstić information content (AvgIpc) is 2.39. The molecular formula is C13H17N3O2S. The van der Waals surface area contributed by atoms with Crippen LogP contribution in [0.2, 0.25) is 0 Å². The van der Waals surface area contributed by atoms with Gasteiger partial charge in [-0.05, 0) is 42.6 Å². The molecule has 2 rings (SSSR count). The molecule has 1 aliphatic heterocycles. The Kier molecular flexibility index (Phi) is 4.08. The average molecular weight is 279 g/mol. The van der Waals surface area contributed by atoms with Gasteiger partial charge in [0.05, 0.1) is 6.07 Å². The van der Waals surface area contributed by atoms with E-state index in [2.05, 4.69) is 10.0 Å². The second kappa shape index (κ2) is 5.59. The molecule has 102 valence electrons. The number of sulfonamides is 1. The molecule has 0 amide bonds. The molecule has 0 fully saturated rings. The van der Waals surface area contributed by atoms with Crippen LogP contribution in [0, 0.1) is 11.3 Å². The molecule has 1 aromatic rings. The fraction of sp³-hybridized carbons (Fsp3) is 0.462. The minimum Gasteiger partial charge on any atom is -0.312 e. The molecule has 0 saturated carbocycles. The van der Waals surface area contributed by atoms with Gasteiger partial charge in [0, 0.05) is 12.2 Å². The maximum absolute atomic E-state index is 12.0. The van der Waals surface area contributed by atoms with Crippen LogP contribution in [0.3, 0.4) is 0 Å². The van der Waals surface area contributed by atoms with Crippen LogP contribution in [0.1, 0.15) is 24.5 Å². The van der Waals surface area contributed by atoms with Crippen LogP contribution in [-0.2, 0) is 23.0 Å². The number of hydrogen-bond acceptors (Lipinski definition) is 4. The Morgan fingerprint density at radius 2 is 2.26 bits per heavy atom. The van der Waals surface area contributed by atoms with Gasteiger partial charge in [0.1, 0.15) is 0 Å². The lowest BCUT2D eigenvalue weighted by Crippen LogP contribution is -2.27.